The summed E-state index contributed by atoms with van der Waals surface area (Å²) >= 11 is 0. The summed E-state index contributed by atoms with van der Waals surface area (Å²) in [6.45, 7) is 6.62. The van der Waals surface area contributed by atoms with Gasteiger partial charge < -0.3 is 5.32 Å². The molecule has 1 aromatic carbocycles. The van der Waals surface area contributed by atoms with Crippen molar-refractivity contribution in [3.05, 3.63) is 48.3 Å². The van der Waals surface area contributed by atoms with E-state index in [1.165, 1.54) is 12.1 Å². The van der Waals surface area contributed by atoms with Crippen molar-refractivity contribution in [1.82, 2.24) is 5.32 Å². The van der Waals surface area contributed by atoms with Crippen LogP contribution >= 0.6 is 0 Å². The summed E-state index contributed by atoms with van der Waals surface area (Å²) in [5.41, 5.74) is 1.11. The Morgan fingerprint density at radius 1 is 1.43 bits per heavy atom. The van der Waals surface area contributed by atoms with E-state index in [2.05, 4.69) is 18.8 Å². The third kappa shape index (κ3) is 3.30. The van der Waals surface area contributed by atoms with Crippen molar-refractivity contribution in [3.63, 3.8) is 0 Å². The van der Waals surface area contributed by atoms with Gasteiger partial charge >= 0.3 is 0 Å². The quantitative estimate of drug-likeness (QED) is 0.560. The molecule has 76 valence electrons. The molecular weight excluding hydrogens is 177 g/mol. The molecule has 0 aromatic heterocycles. The standard InChI is InChI=1S/C12H16FN/c1-3-4-9-14-10(2)11-5-7-12(13)8-6-11/h3,5-8,10,14H,1,4,9H2,2H3/t10-/m0/s1. The molecule has 1 atom stereocenters. The second-order valence-electron chi connectivity index (χ2n) is 3.30. The fourth-order valence-electron chi connectivity index (χ4n) is 1.27. The normalized spacial score (nSPS) is 12.4. The summed E-state index contributed by atoms with van der Waals surface area (Å²) in [7, 11) is 0. The summed E-state index contributed by atoms with van der Waals surface area (Å²) in [6.07, 6.45) is 2.83. The second-order valence-corrected chi connectivity index (χ2v) is 3.30. The summed E-state index contributed by atoms with van der Waals surface area (Å²) in [5.74, 6) is -0.188. The van der Waals surface area contributed by atoms with Gasteiger partial charge in [0.2, 0.25) is 0 Å². The molecule has 0 unspecified atom stereocenters. The van der Waals surface area contributed by atoms with Crippen molar-refractivity contribution in [2.24, 2.45) is 0 Å². The highest BCUT2D eigenvalue weighted by Gasteiger charge is 2.02. The predicted octanol–water partition coefficient (Wildman–Crippen LogP) is 3.05. The van der Waals surface area contributed by atoms with E-state index < -0.39 is 0 Å². The summed E-state index contributed by atoms with van der Waals surface area (Å²) in [5, 5.41) is 3.33. The van der Waals surface area contributed by atoms with E-state index in [0.717, 1.165) is 18.5 Å². The molecule has 14 heavy (non-hydrogen) atoms. The molecule has 0 spiro atoms. The minimum atomic E-state index is -0.188. The summed E-state index contributed by atoms with van der Waals surface area (Å²) in [4.78, 5) is 0. The average molecular weight is 193 g/mol. The minimum absolute atomic E-state index is 0.188. The maximum atomic E-state index is 12.6. The SMILES string of the molecule is C=CCCN[C@@H](C)c1ccc(F)cc1. The third-order valence-electron chi connectivity index (χ3n) is 2.17. The Hall–Kier alpha value is -1.15. The molecule has 0 aliphatic carbocycles. The zero-order valence-corrected chi connectivity index (χ0v) is 8.46. The van der Waals surface area contributed by atoms with Gasteiger partial charge in [0.25, 0.3) is 0 Å². The summed E-state index contributed by atoms with van der Waals surface area (Å²) in [6, 6.07) is 6.85. The second kappa shape index (κ2) is 5.55. The highest BCUT2D eigenvalue weighted by Crippen LogP contribution is 2.12. The van der Waals surface area contributed by atoms with Crippen LogP contribution < -0.4 is 5.32 Å². The van der Waals surface area contributed by atoms with Crippen molar-refractivity contribution in [3.8, 4) is 0 Å². The van der Waals surface area contributed by atoms with Crippen LogP contribution in [0.4, 0.5) is 4.39 Å². The van der Waals surface area contributed by atoms with E-state index in [-0.39, 0.29) is 11.9 Å². The van der Waals surface area contributed by atoms with Crippen LogP contribution in [0.25, 0.3) is 0 Å². The molecule has 0 bridgehead atoms. The smallest absolute Gasteiger partial charge is 0.123 e. The molecule has 1 nitrogen and oxygen atoms in total. The van der Waals surface area contributed by atoms with Gasteiger partial charge in [0.05, 0.1) is 0 Å². The van der Waals surface area contributed by atoms with Gasteiger partial charge in [0.1, 0.15) is 5.82 Å². The van der Waals surface area contributed by atoms with Gasteiger partial charge in [-0.15, -0.1) is 6.58 Å². The topological polar surface area (TPSA) is 12.0 Å². The van der Waals surface area contributed by atoms with Gasteiger partial charge in [-0.05, 0) is 37.6 Å². The van der Waals surface area contributed by atoms with Gasteiger partial charge in [-0.3, -0.25) is 0 Å². The zero-order chi connectivity index (χ0) is 10.4. The van der Waals surface area contributed by atoms with E-state index >= 15 is 0 Å². The molecule has 0 fully saturated rings. The molecule has 0 saturated heterocycles. The van der Waals surface area contributed by atoms with E-state index in [1.54, 1.807) is 12.1 Å². The first-order valence-electron chi connectivity index (χ1n) is 4.84. The van der Waals surface area contributed by atoms with E-state index in [0.29, 0.717) is 0 Å². The monoisotopic (exact) mass is 193 g/mol. The molecule has 2 heteroatoms. The van der Waals surface area contributed by atoms with E-state index in [4.69, 9.17) is 0 Å². The first-order valence-corrected chi connectivity index (χ1v) is 4.84. The van der Waals surface area contributed by atoms with Crippen LogP contribution in [0.5, 0.6) is 0 Å². The zero-order valence-electron chi connectivity index (χ0n) is 8.46. The number of nitrogens with one attached hydrogen (secondary N) is 1. The highest BCUT2D eigenvalue weighted by molar-refractivity contribution is 5.19. The van der Waals surface area contributed by atoms with Crippen LogP contribution in [0.3, 0.4) is 0 Å². The molecular formula is C12H16FN. The Labute approximate surface area is 84.6 Å². The molecule has 0 saturated carbocycles. The van der Waals surface area contributed by atoms with Crippen LogP contribution in [0, 0.1) is 5.82 Å². The van der Waals surface area contributed by atoms with Crippen LogP contribution in [0.15, 0.2) is 36.9 Å². The van der Waals surface area contributed by atoms with Crippen molar-refractivity contribution in [1.29, 1.82) is 0 Å². The van der Waals surface area contributed by atoms with E-state index in [9.17, 15) is 4.39 Å². The molecule has 1 aromatic rings. The Morgan fingerprint density at radius 3 is 2.64 bits per heavy atom. The molecule has 0 radical (unpaired) electrons. The van der Waals surface area contributed by atoms with Gasteiger partial charge in [-0.1, -0.05) is 18.2 Å². The molecule has 0 heterocycles. The minimum Gasteiger partial charge on any atom is -0.310 e. The lowest BCUT2D eigenvalue weighted by atomic mass is 10.1. The van der Waals surface area contributed by atoms with Crippen LogP contribution in [-0.2, 0) is 0 Å². The van der Waals surface area contributed by atoms with Crippen molar-refractivity contribution in [2.75, 3.05) is 6.54 Å². The maximum absolute atomic E-state index is 12.6. The Balaban J connectivity index is 2.47. The lowest BCUT2D eigenvalue weighted by Crippen LogP contribution is -2.19. The third-order valence-corrected chi connectivity index (χ3v) is 2.17. The van der Waals surface area contributed by atoms with Crippen molar-refractivity contribution in [2.45, 2.75) is 19.4 Å². The lowest BCUT2D eigenvalue weighted by molar-refractivity contribution is 0.577. The number of hydrogen-bond donors (Lipinski definition) is 1. The molecule has 0 amide bonds. The number of rotatable bonds is 5. The maximum Gasteiger partial charge on any atom is 0.123 e. The lowest BCUT2D eigenvalue weighted by Gasteiger charge is -2.13. The van der Waals surface area contributed by atoms with Gasteiger partial charge in [0, 0.05) is 6.04 Å². The van der Waals surface area contributed by atoms with Crippen LogP contribution in [0.2, 0.25) is 0 Å². The molecule has 0 aliphatic heterocycles. The molecule has 1 N–H and O–H groups in total. The van der Waals surface area contributed by atoms with Gasteiger partial charge in [0.15, 0.2) is 0 Å². The fourth-order valence-corrected chi connectivity index (χ4v) is 1.27. The van der Waals surface area contributed by atoms with Crippen LogP contribution in [0.1, 0.15) is 24.9 Å². The van der Waals surface area contributed by atoms with Crippen molar-refractivity contribution < 1.29 is 4.39 Å². The first kappa shape index (κ1) is 10.9. The Kier molecular flexibility index (Phi) is 4.33. The van der Waals surface area contributed by atoms with Crippen molar-refractivity contribution >= 4 is 0 Å². The van der Waals surface area contributed by atoms with Gasteiger partial charge in [-0.25, -0.2) is 4.39 Å². The predicted molar refractivity (Wildman–Crippen MR) is 57.6 cm³/mol. The molecule has 1 rings (SSSR count). The van der Waals surface area contributed by atoms with Crippen LogP contribution in [-0.4, -0.2) is 6.54 Å². The summed E-state index contributed by atoms with van der Waals surface area (Å²) < 4.78 is 12.6. The highest BCUT2D eigenvalue weighted by atomic mass is 19.1. The molecule has 0 aliphatic rings. The first-order chi connectivity index (χ1) is 6.74. The average Bonchev–Trinajstić information content (AvgIpc) is 2.19. The number of hydrogen-bond acceptors (Lipinski definition) is 1. The Bertz CT molecular complexity index is 279. The Morgan fingerprint density at radius 2 is 2.07 bits per heavy atom. The fraction of sp³-hybridized carbons (Fsp3) is 0.333. The van der Waals surface area contributed by atoms with E-state index in [1.807, 2.05) is 6.08 Å². The number of halogens is 1. The largest absolute Gasteiger partial charge is 0.310 e. The van der Waals surface area contributed by atoms with Gasteiger partial charge in [-0.2, -0.15) is 0 Å². The number of benzene rings is 1.